The lowest BCUT2D eigenvalue weighted by Crippen LogP contribution is -2.51. The lowest BCUT2D eigenvalue weighted by atomic mass is 10.1. The van der Waals surface area contributed by atoms with Crippen molar-refractivity contribution in [3.63, 3.8) is 0 Å². The minimum absolute atomic E-state index is 0.165. The molecule has 5 aromatic rings. The van der Waals surface area contributed by atoms with Gasteiger partial charge in [0.1, 0.15) is 29.0 Å². The van der Waals surface area contributed by atoms with Gasteiger partial charge in [-0.15, -0.1) is 0 Å². The van der Waals surface area contributed by atoms with Gasteiger partial charge in [0.25, 0.3) is 11.8 Å². The zero-order valence-electron chi connectivity index (χ0n) is 29.3. The molecule has 5 amide bonds. The highest BCUT2D eigenvalue weighted by molar-refractivity contribution is 6.09. The normalized spacial score (nSPS) is 17.0. The molecule has 8 rings (SSSR count). The zero-order valence-corrected chi connectivity index (χ0v) is 29.3. The average molecular weight is 747 g/mol. The van der Waals surface area contributed by atoms with E-state index in [0.717, 1.165) is 11.4 Å². The summed E-state index contributed by atoms with van der Waals surface area (Å²) < 4.78 is 21.9. The number of nitrogens with one attached hydrogen (secondary N) is 5. The van der Waals surface area contributed by atoms with E-state index in [4.69, 9.17) is 4.74 Å². The number of hydrogen-bond donors (Lipinski definition) is 5. The van der Waals surface area contributed by atoms with Crippen LogP contribution in [0.25, 0.3) is 5.65 Å². The molecule has 0 spiro atoms. The number of ether oxygens (including phenoxy) is 1. The third-order valence-electron chi connectivity index (χ3n) is 9.65. The maximum atomic E-state index is 14.3. The van der Waals surface area contributed by atoms with E-state index in [1.807, 2.05) is 24.3 Å². The summed E-state index contributed by atoms with van der Waals surface area (Å²) in [5, 5.41) is 18.4. The molecule has 0 radical (unpaired) electrons. The van der Waals surface area contributed by atoms with Crippen LogP contribution in [0.15, 0.2) is 79.1 Å². The van der Waals surface area contributed by atoms with Crippen molar-refractivity contribution in [1.82, 2.24) is 30.1 Å². The topological polar surface area (TPSA) is 191 Å². The quantitative estimate of drug-likeness (QED) is 0.161. The summed E-state index contributed by atoms with van der Waals surface area (Å²) in [6.07, 6.45) is 3.76. The Morgan fingerprint density at radius 2 is 1.73 bits per heavy atom. The predicted molar refractivity (Wildman–Crippen MR) is 199 cm³/mol. The minimum atomic E-state index is -0.546. The summed E-state index contributed by atoms with van der Waals surface area (Å²) in [4.78, 5) is 71.9. The van der Waals surface area contributed by atoms with Crippen molar-refractivity contribution < 1.29 is 33.1 Å². The predicted octanol–water partition coefficient (Wildman–Crippen LogP) is 3.13. The number of carbonyl (C=O) groups is 5. The van der Waals surface area contributed by atoms with Gasteiger partial charge >= 0.3 is 0 Å². The van der Waals surface area contributed by atoms with Crippen LogP contribution in [0, 0.1) is 5.82 Å². The number of amides is 5. The number of aromatic nitrogens is 3. The molecule has 3 aliphatic rings. The van der Waals surface area contributed by atoms with Gasteiger partial charge in [-0.1, -0.05) is 0 Å². The van der Waals surface area contributed by atoms with Gasteiger partial charge in [-0.05, 0) is 73.2 Å². The smallest absolute Gasteiger partial charge is 0.261 e. The van der Waals surface area contributed by atoms with E-state index in [9.17, 15) is 28.4 Å². The molecule has 2 saturated heterocycles. The number of hydrogen-bond acceptors (Lipinski definition) is 11. The van der Waals surface area contributed by atoms with Gasteiger partial charge in [0.05, 0.1) is 18.4 Å². The van der Waals surface area contributed by atoms with Gasteiger partial charge in [-0.3, -0.25) is 29.3 Å². The van der Waals surface area contributed by atoms with Crippen molar-refractivity contribution in [2.24, 2.45) is 0 Å². The van der Waals surface area contributed by atoms with Crippen LogP contribution in [0.4, 0.5) is 27.3 Å². The molecule has 55 heavy (non-hydrogen) atoms. The molecule has 17 heteroatoms. The van der Waals surface area contributed by atoms with E-state index in [0.29, 0.717) is 56.2 Å². The van der Waals surface area contributed by atoms with Crippen LogP contribution in [0.5, 0.6) is 11.5 Å². The maximum absolute atomic E-state index is 14.3. The molecule has 3 aliphatic heterocycles. The summed E-state index contributed by atoms with van der Waals surface area (Å²) >= 11 is 0. The van der Waals surface area contributed by atoms with Crippen LogP contribution < -0.4 is 36.2 Å². The molecule has 2 bridgehead atoms. The molecular weight excluding hydrogens is 711 g/mol. The Labute approximate surface area is 313 Å². The van der Waals surface area contributed by atoms with E-state index in [1.54, 1.807) is 17.2 Å². The fourth-order valence-electron chi connectivity index (χ4n) is 6.65. The number of halogens is 1. The van der Waals surface area contributed by atoms with Gasteiger partial charge in [0.2, 0.25) is 17.7 Å². The van der Waals surface area contributed by atoms with Crippen LogP contribution in [0.3, 0.4) is 0 Å². The van der Waals surface area contributed by atoms with E-state index in [1.165, 1.54) is 47.1 Å². The van der Waals surface area contributed by atoms with Gasteiger partial charge in [0, 0.05) is 67.8 Å². The van der Waals surface area contributed by atoms with E-state index >= 15 is 0 Å². The third-order valence-corrected chi connectivity index (χ3v) is 9.65. The number of piperidine rings is 1. The van der Waals surface area contributed by atoms with Crippen molar-refractivity contribution in [2.75, 3.05) is 53.6 Å². The van der Waals surface area contributed by atoms with Gasteiger partial charge in [-0.2, -0.15) is 5.10 Å². The first-order chi connectivity index (χ1) is 26.7. The molecule has 16 nitrogen and oxygen atoms in total. The number of fused-ring (bicyclic) bond motifs is 3. The Bertz CT molecular complexity index is 2340. The highest BCUT2D eigenvalue weighted by Gasteiger charge is 2.27. The molecule has 0 aliphatic carbocycles. The van der Waals surface area contributed by atoms with E-state index in [-0.39, 0.29) is 59.0 Å². The van der Waals surface area contributed by atoms with Crippen LogP contribution in [-0.2, 0) is 20.9 Å². The van der Waals surface area contributed by atoms with Crippen molar-refractivity contribution in [3.8, 4) is 11.5 Å². The number of imide groups is 1. The lowest BCUT2D eigenvalue weighted by molar-refractivity contribution is -0.134. The summed E-state index contributed by atoms with van der Waals surface area (Å²) in [6, 6.07) is 17.4. The fourth-order valence-corrected chi connectivity index (χ4v) is 6.65. The third kappa shape index (κ3) is 7.57. The first-order valence-electron chi connectivity index (χ1n) is 17.7. The SMILES string of the molecule is O=C1CCC(Nc2ccc(N3CCN(C(=O)CNC(=O)c4ccc5c(c4)NC(=O)c4cnn6ccc(nc46)NCc4cc(F)ccc4O5)CC3)cc2)C(=O)N1. The Morgan fingerprint density at radius 3 is 2.53 bits per heavy atom. The fraction of sp³-hybridized carbons (Fsp3) is 0.237. The molecular formula is C38H35FN10O6. The first-order valence-corrected chi connectivity index (χ1v) is 17.7. The Morgan fingerprint density at radius 1 is 0.927 bits per heavy atom. The monoisotopic (exact) mass is 746 g/mol. The van der Waals surface area contributed by atoms with Gasteiger partial charge in [0.15, 0.2) is 11.4 Å². The molecule has 3 aromatic carbocycles. The van der Waals surface area contributed by atoms with E-state index in [2.05, 4.69) is 41.6 Å². The second kappa shape index (κ2) is 14.8. The van der Waals surface area contributed by atoms with Crippen LogP contribution in [-0.4, -0.2) is 87.8 Å². The average Bonchev–Trinajstić information content (AvgIpc) is 3.62. The first kappa shape index (κ1) is 35.0. The highest BCUT2D eigenvalue weighted by atomic mass is 19.1. The van der Waals surface area contributed by atoms with E-state index < -0.39 is 23.7 Å². The number of rotatable bonds is 6. The lowest BCUT2D eigenvalue weighted by Gasteiger charge is -2.36. The summed E-state index contributed by atoms with van der Waals surface area (Å²) in [6.45, 7) is 2.00. The largest absolute Gasteiger partial charge is 0.455 e. The number of anilines is 4. The minimum Gasteiger partial charge on any atom is -0.455 e. The maximum Gasteiger partial charge on any atom is 0.261 e. The Kier molecular flexibility index (Phi) is 9.40. The van der Waals surface area contributed by atoms with Crippen LogP contribution >= 0.6 is 0 Å². The second-order valence-corrected chi connectivity index (χ2v) is 13.3. The molecule has 5 heterocycles. The van der Waals surface area contributed by atoms with Crippen molar-refractivity contribution in [1.29, 1.82) is 0 Å². The van der Waals surface area contributed by atoms with Crippen LogP contribution in [0.1, 0.15) is 39.1 Å². The van der Waals surface area contributed by atoms with Crippen LogP contribution in [0.2, 0.25) is 0 Å². The molecule has 2 aromatic heterocycles. The standard InChI is InChI=1S/C38H35FN10O6/c39-24-2-9-30-23(17-24)19-40-32-11-12-49-35(45-32)27(20-42-49)37(53)44-29-18-22(1-8-31(29)55-30)36(52)41-21-34(51)48-15-13-47(14-16-48)26-5-3-25(4-6-26)43-28-7-10-33(50)46-38(28)54/h1-6,8-9,11-12,17-18,20,28,43H,7,10,13-16,19,21H2,(H,40,45)(H,41,52)(H,44,53)(H,46,50,54). The Hall–Kier alpha value is -7.04. The number of benzene rings is 3. The number of carbonyl (C=O) groups excluding carboxylic acids is 5. The number of nitrogens with zero attached hydrogens (tertiary/aromatic N) is 5. The molecule has 5 N–H and O–H groups in total. The van der Waals surface area contributed by atoms with Crippen molar-refractivity contribution in [3.05, 3.63) is 102 Å². The Balaban J connectivity index is 0.909. The molecule has 0 saturated carbocycles. The molecule has 280 valence electrons. The highest BCUT2D eigenvalue weighted by Crippen LogP contribution is 2.34. The zero-order chi connectivity index (χ0) is 38.1. The number of piperazine rings is 1. The molecule has 1 unspecified atom stereocenters. The summed E-state index contributed by atoms with van der Waals surface area (Å²) in [7, 11) is 0. The second-order valence-electron chi connectivity index (χ2n) is 13.3. The summed E-state index contributed by atoms with van der Waals surface area (Å²) in [5.74, 6) is -1.41. The van der Waals surface area contributed by atoms with Crippen molar-refractivity contribution in [2.45, 2.75) is 25.4 Å². The molecule has 1 atom stereocenters. The van der Waals surface area contributed by atoms with Crippen molar-refractivity contribution >= 4 is 58.1 Å². The van der Waals surface area contributed by atoms with Gasteiger partial charge in [-0.25, -0.2) is 13.9 Å². The van der Waals surface area contributed by atoms with Gasteiger partial charge < -0.3 is 35.8 Å². The summed E-state index contributed by atoms with van der Waals surface area (Å²) in [5.41, 5.74) is 3.02. The molecule has 2 fully saturated rings.